The summed E-state index contributed by atoms with van der Waals surface area (Å²) in [6, 6.07) is -0.477. The molecule has 18 heavy (non-hydrogen) atoms. The van der Waals surface area contributed by atoms with Crippen LogP contribution in [0.5, 0.6) is 0 Å². The fourth-order valence-electron chi connectivity index (χ4n) is 2.46. The molecule has 0 radical (unpaired) electrons. The number of amides is 4. The van der Waals surface area contributed by atoms with Gasteiger partial charge < -0.3 is 10.2 Å². The number of nitrogens with zero attached hydrogens (tertiary/aromatic N) is 1. The molecule has 100 valence electrons. The highest BCUT2D eigenvalue weighted by Gasteiger charge is 2.49. The molecule has 1 unspecified atom stereocenters. The van der Waals surface area contributed by atoms with Crippen molar-refractivity contribution < 1.29 is 14.4 Å². The van der Waals surface area contributed by atoms with Crippen LogP contribution in [0.3, 0.4) is 0 Å². The number of likely N-dealkylation sites (tertiary alicyclic amines) is 1. The summed E-state index contributed by atoms with van der Waals surface area (Å²) in [6.45, 7) is 0.887. The van der Waals surface area contributed by atoms with Crippen LogP contribution >= 0.6 is 11.6 Å². The third-order valence-corrected chi connectivity index (χ3v) is 3.65. The average molecular weight is 274 g/mol. The summed E-state index contributed by atoms with van der Waals surface area (Å²) >= 11 is 5.56. The van der Waals surface area contributed by atoms with E-state index in [2.05, 4.69) is 10.6 Å². The molecule has 0 bridgehead atoms. The highest BCUT2D eigenvalue weighted by atomic mass is 35.5. The molecule has 1 atom stereocenters. The van der Waals surface area contributed by atoms with Crippen molar-refractivity contribution in [3.8, 4) is 0 Å². The Morgan fingerprint density at radius 1 is 1.44 bits per heavy atom. The summed E-state index contributed by atoms with van der Waals surface area (Å²) in [6.07, 6.45) is 2.29. The molecule has 0 aliphatic carbocycles. The second-order valence-electron chi connectivity index (χ2n) is 4.70. The van der Waals surface area contributed by atoms with Crippen molar-refractivity contribution in [1.29, 1.82) is 0 Å². The highest BCUT2D eigenvalue weighted by molar-refractivity contribution is 6.17. The number of carbonyl (C=O) groups is 3. The van der Waals surface area contributed by atoms with Crippen LogP contribution in [0.2, 0.25) is 0 Å². The van der Waals surface area contributed by atoms with Crippen molar-refractivity contribution in [1.82, 2.24) is 15.5 Å². The number of nitrogens with one attached hydrogen (secondary N) is 2. The first-order chi connectivity index (χ1) is 8.57. The fraction of sp³-hybridized carbons (Fsp3) is 0.727. The Hall–Kier alpha value is -1.30. The van der Waals surface area contributed by atoms with Gasteiger partial charge in [-0.1, -0.05) is 0 Å². The Morgan fingerprint density at radius 3 is 2.83 bits per heavy atom. The zero-order chi connectivity index (χ0) is 13.2. The van der Waals surface area contributed by atoms with E-state index in [0.717, 1.165) is 0 Å². The number of rotatable bonds is 3. The Morgan fingerprint density at radius 2 is 2.22 bits per heavy atom. The molecule has 0 saturated carbocycles. The van der Waals surface area contributed by atoms with E-state index in [1.165, 1.54) is 0 Å². The number of halogens is 1. The summed E-state index contributed by atoms with van der Waals surface area (Å²) < 4.78 is 0. The van der Waals surface area contributed by atoms with Crippen molar-refractivity contribution in [2.45, 2.75) is 31.2 Å². The van der Waals surface area contributed by atoms with Crippen LogP contribution in [0.1, 0.15) is 25.7 Å². The van der Waals surface area contributed by atoms with Gasteiger partial charge in [0.25, 0.3) is 5.91 Å². The Balaban J connectivity index is 2.02. The van der Waals surface area contributed by atoms with E-state index in [1.807, 2.05) is 0 Å². The molecule has 2 saturated heterocycles. The first kappa shape index (κ1) is 13.1. The van der Waals surface area contributed by atoms with Crippen LogP contribution in [0.25, 0.3) is 0 Å². The smallest absolute Gasteiger partial charge is 0.322 e. The maximum Gasteiger partial charge on any atom is 0.322 e. The molecule has 2 N–H and O–H groups in total. The lowest BCUT2D eigenvalue weighted by atomic mass is 9.89. The molecule has 2 fully saturated rings. The minimum atomic E-state index is -0.925. The summed E-state index contributed by atoms with van der Waals surface area (Å²) in [4.78, 5) is 36.5. The SMILES string of the molecule is O=C1NC(=O)C2(CCCN(C(=O)CCCCl)C2)N1. The van der Waals surface area contributed by atoms with Gasteiger partial charge in [-0.3, -0.25) is 14.9 Å². The van der Waals surface area contributed by atoms with Gasteiger partial charge in [0.1, 0.15) is 5.54 Å². The largest absolute Gasteiger partial charge is 0.340 e. The standard InChI is InChI=1S/C11H16ClN3O3/c12-5-1-3-8(16)15-6-2-4-11(7-15)9(17)13-10(18)14-11/h1-7H2,(H2,13,14,17,18). The molecule has 4 amide bonds. The first-order valence-corrected chi connectivity index (χ1v) is 6.58. The molecule has 6 nitrogen and oxygen atoms in total. The van der Waals surface area contributed by atoms with Crippen molar-refractivity contribution in [3.05, 3.63) is 0 Å². The van der Waals surface area contributed by atoms with Gasteiger partial charge in [-0.25, -0.2) is 4.79 Å². The van der Waals surface area contributed by atoms with E-state index in [9.17, 15) is 14.4 Å². The normalized spacial score (nSPS) is 27.3. The van der Waals surface area contributed by atoms with Gasteiger partial charge in [0.2, 0.25) is 5.91 Å². The quantitative estimate of drug-likeness (QED) is 0.570. The summed E-state index contributed by atoms with van der Waals surface area (Å²) in [5.41, 5.74) is -0.925. The number of carbonyl (C=O) groups excluding carboxylic acids is 3. The molecule has 2 aliphatic heterocycles. The minimum absolute atomic E-state index is 0.0105. The average Bonchev–Trinajstić information content (AvgIpc) is 2.61. The number of urea groups is 1. The third kappa shape index (κ3) is 2.43. The molecule has 1 spiro atoms. The summed E-state index contributed by atoms with van der Waals surface area (Å²) in [7, 11) is 0. The van der Waals surface area contributed by atoms with E-state index in [0.29, 0.717) is 38.1 Å². The summed E-state index contributed by atoms with van der Waals surface area (Å²) in [5, 5.41) is 4.87. The number of hydrogen-bond acceptors (Lipinski definition) is 3. The molecule has 0 aromatic carbocycles. The second kappa shape index (κ2) is 5.14. The van der Waals surface area contributed by atoms with Crippen LogP contribution < -0.4 is 10.6 Å². The van der Waals surface area contributed by atoms with Gasteiger partial charge in [0.15, 0.2) is 0 Å². The Bertz CT molecular complexity index is 388. The van der Waals surface area contributed by atoms with Gasteiger partial charge >= 0.3 is 6.03 Å². The van der Waals surface area contributed by atoms with E-state index < -0.39 is 11.6 Å². The number of alkyl halides is 1. The number of piperidine rings is 1. The van der Waals surface area contributed by atoms with Crippen molar-refractivity contribution in [2.75, 3.05) is 19.0 Å². The lowest BCUT2D eigenvalue weighted by molar-refractivity contribution is -0.136. The summed E-state index contributed by atoms with van der Waals surface area (Å²) in [5.74, 6) is 0.105. The van der Waals surface area contributed by atoms with E-state index >= 15 is 0 Å². The Labute approximate surface area is 110 Å². The maximum atomic E-state index is 11.9. The minimum Gasteiger partial charge on any atom is -0.340 e. The van der Waals surface area contributed by atoms with Gasteiger partial charge in [0, 0.05) is 18.8 Å². The van der Waals surface area contributed by atoms with E-state index in [-0.39, 0.29) is 18.4 Å². The van der Waals surface area contributed by atoms with Crippen LogP contribution in [0.4, 0.5) is 4.79 Å². The molecule has 0 aromatic rings. The van der Waals surface area contributed by atoms with Gasteiger partial charge in [0.05, 0.1) is 6.54 Å². The molecule has 2 heterocycles. The molecule has 2 rings (SSSR count). The van der Waals surface area contributed by atoms with Crippen molar-refractivity contribution in [3.63, 3.8) is 0 Å². The number of hydrogen-bond donors (Lipinski definition) is 2. The van der Waals surface area contributed by atoms with Crippen LogP contribution in [-0.4, -0.2) is 47.3 Å². The van der Waals surface area contributed by atoms with Gasteiger partial charge in [-0.15, -0.1) is 11.6 Å². The number of imide groups is 1. The second-order valence-corrected chi connectivity index (χ2v) is 5.08. The molecular weight excluding hydrogens is 258 g/mol. The Kier molecular flexibility index (Phi) is 3.75. The van der Waals surface area contributed by atoms with E-state index in [4.69, 9.17) is 11.6 Å². The molecule has 2 aliphatic rings. The van der Waals surface area contributed by atoms with Crippen LogP contribution in [0, 0.1) is 0 Å². The zero-order valence-electron chi connectivity index (χ0n) is 10.00. The molecular formula is C11H16ClN3O3. The van der Waals surface area contributed by atoms with Crippen LogP contribution in [-0.2, 0) is 9.59 Å². The van der Waals surface area contributed by atoms with Gasteiger partial charge in [-0.05, 0) is 19.3 Å². The molecule has 7 heteroatoms. The fourth-order valence-corrected chi connectivity index (χ4v) is 2.59. The van der Waals surface area contributed by atoms with Crippen molar-refractivity contribution >= 4 is 29.4 Å². The lowest BCUT2D eigenvalue weighted by Gasteiger charge is -2.38. The monoisotopic (exact) mass is 273 g/mol. The topological polar surface area (TPSA) is 78.5 Å². The third-order valence-electron chi connectivity index (χ3n) is 3.38. The molecule has 0 aromatic heterocycles. The van der Waals surface area contributed by atoms with Crippen molar-refractivity contribution in [2.24, 2.45) is 0 Å². The lowest BCUT2D eigenvalue weighted by Crippen LogP contribution is -2.59. The highest BCUT2D eigenvalue weighted by Crippen LogP contribution is 2.24. The maximum absolute atomic E-state index is 11.9. The van der Waals surface area contributed by atoms with E-state index in [1.54, 1.807) is 4.90 Å². The predicted octanol–water partition coefficient (Wildman–Crippen LogP) is 0.206. The van der Waals surface area contributed by atoms with Crippen LogP contribution in [0.15, 0.2) is 0 Å². The van der Waals surface area contributed by atoms with Gasteiger partial charge in [-0.2, -0.15) is 0 Å². The first-order valence-electron chi connectivity index (χ1n) is 6.05. The predicted molar refractivity (Wildman–Crippen MR) is 65.2 cm³/mol. The zero-order valence-corrected chi connectivity index (χ0v) is 10.8.